The summed E-state index contributed by atoms with van der Waals surface area (Å²) in [5.41, 5.74) is 6.10. The van der Waals surface area contributed by atoms with Crippen molar-refractivity contribution >= 4 is 11.6 Å². The van der Waals surface area contributed by atoms with Crippen molar-refractivity contribution in [3.8, 4) is 0 Å². The Balaban J connectivity index is 2.26. The fraction of sp³-hybridized carbons (Fsp3) is 0.455. The molecule has 2 N–H and O–H groups in total. The quantitative estimate of drug-likeness (QED) is 0.796. The average Bonchev–Trinajstić information content (AvgIpc) is 3.00. The summed E-state index contributed by atoms with van der Waals surface area (Å²) in [6.07, 6.45) is 2.57. The molecule has 1 aromatic carbocycles. The Morgan fingerprint density at radius 2 is 2.00 bits per heavy atom. The largest absolute Gasteiger partial charge is 0.330 e. The van der Waals surface area contributed by atoms with Gasteiger partial charge in [-0.15, -0.1) is 0 Å². The van der Waals surface area contributed by atoms with Crippen LogP contribution in [-0.4, -0.2) is 6.54 Å². The van der Waals surface area contributed by atoms with Crippen molar-refractivity contribution < 1.29 is 8.78 Å². The van der Waals surface area contributed by atoms with Crippen molar-refractivity contribution in [1.82, 2.24) is 0 Å². The molecule has 1 aliphatic rings. The Hall–Kier alpha value is -0.670. The van der Waals surface area contributed by atoms with E-state index >= 15 is 0 Å². The molecule has 1 saturated carbocycles. The lowest BCUT2D eigenvalue weighted by atomic mass is 9.96. The van der Waals surface area contributed by atoms with Crippen LogP contribution in [0.15, 0.2) is 12.1 Å². The van der Waals surface area contributed by atoms with Crippen molar-refractivity contribution in [1.29, 1.82) is 0 Å². The maximum Gasteiger partial charge on any atom is 0.147 e. The van der Waals surface area contributed by atoms with Gasteiger partial charge in [-0.05, 0) is 42.9 Å². The van der Waals surface area contributed by atoms with Gasteiger partial charge in [0.2, 0.25) is 0 Å². The fourth-order valence-electron chi connectivity index (χ4n) is 1.74. The second kappa shape index (κ2) is 3.72. The summed E-state index contributed by atoms with van der Waals surface area (Å²) < 4.78 is 26.4. The third-order valence-electron chi connectivity index (χ3n) is 3.07. The number of benzene rings is 1. The van der Waals surface area contributed by atoms with Gasteiger partial charge in [-0.2, -0.15) is 0 Å². The highest BCUT2D eigenvalue weighted by Crippen LogP contribution is 2.47. The summed E-state index contributed by atoms with van der Waals surface area (Å²) in [6.45, 7) is 0.543. The highest BCUT2D eigenvalue weighted by Gasteiger charge is 2.41. The van der Waals surface area contributed by atoms with E-state index < -0.39 is 16.7 Å². The second-order valence-electron chi connectivity index (χ2n) is 4.22. The molecule has 0 heterocycles. The van der Waals surface area contributed by atoms with Gasteiger partial charge in [0.25, 0.3) is 0 Å². The topological polar surface area (TPSA) is 26.0 Å². The van der Waals surface area contributed by atoms with Crippen LogP contribution < -0.4 is 5.73 Å². The third kappa shape index (κ3) is 1.99. The first kappa shape index (κ1) is 10.8. The minimum atomic E-state index is -0.712. The minimum Gasteiger partial charge on any atom is -0.330 e. The summed E-state index contributed by atoms with van der Waals surface area (Å²) in [4.78, 5) is 0. The van der Waals surface area contributed by atoms with Crippen molar-refractivity contribution in [2.45, 2.75) is 19.3 Å². The Bertz CT molecular complexity index is 388. The molecule has 0 bridgehead atoms. The van der Waals surface area contributed by atoms with E-state index in [-0.39, 0.29) is 5.41 Å². The van der Waals surface area contributed by atoms with Gasteiger partial charge in [0, 0.05) is 0 Å². The standard InChI is InChI=1S/C11H12ClF2N/c12-9-8(13)2-1-7(10(9)14)5-11(6-15)3-4-11/h1-2H,3-6,15H2. The van der Waals surface area contributed by atoms with Crippen LogP contribution in [0.3, 0.4) is 0 Å². The van der Waals surface area contributed by atoms with Crippen LogP contribution in [0.1, 0.15) is 18.4 Å². The highest BCUT2D eigenvalue weighted by molar-refractivity contribution is 6.30. The van der Waals surface area contributed by atoms with Crippen LogP contribution in [0.5, 0.6) is 0 Å². The third-order valence-corrected chi connectivity index (χ3v) is 3.42. The van der Waals surface area contributed by atoms with E-state index in [2.05, 4.69) is 0 Å². The Morgan fingerprint density at radius 1 is 1.33 bits per heavy atom. The molecule has 0 amide bonds. The lowest BCUT2D eigenvalue weighted by Gasteiger charge is -2.13. The average molecular weight is 232 g/mol. The zero-order chi connectivity index (χ0) is 11.1. The number of hydrogen-bond acceptors (Lipinski definition) is 1. The van der Waals surface area contributed by atoms with E-state index in [0.29, 0.717) is 18.5 Å². The first-order chi connectivity index (χ1) is 7.08. The molecule has 4 heteroatoms. The Morgan fingerprint density at radius 3 is 2.53 bits per heavy atom. The van der Waals surface area contributed by atoms with Crippen LogP contribution in [0.2, 0.25) is 5.02 Å². The number of hydrogen-bond donors (Lipinski definition) is 1. The smallest absolute Gasteiger partial charge is 0.147 e. The van der Waals surface area contributed by atoms with Gasteiger partial charge in [0.05, 0.1) is 0 Å². The van der Waals surface area contributed by atoms with Gasteiger partial charge in [-0.3, -0.25) is 0 Å². The fourth-order valence-corrected chi connectivity index (χ4v) is 1.92. The lowest BCUT2D eigenvalue weighted by molar-refractivity contribution is 0.495. The molecule has 1 fully saturated rings. The first-order valence-corrected chi connectivity index (χ1v) is 5.28. The van der Waals surface area contributed by atoms with Gasteiger partial charge in [-0.25, -0.2) is 8.78 Å². The van der Waals surface area contributed by atoms with E-state index in [1.807, 2.05) is 0 Å². The maximum atomic E-state index is 13.5. The van der Waals surface area contributed by atoms with Gasteiger partial charge in [0.1, 0.15) is 16.7 Å². The normalized spacial score (nSPS) is 17.9. The molecule has 82 valence electrons. The van der Waals surface area contributed by atoms with Gasteiger partial charge in [-0.1, -0.05) is 17.7 Å². The highest BCUT2D eigenvalue weighted by atomic mass is 35.5. The molecule has 0 saturated heterocycles. The zero-order valence-electron chi connectivity index (χ0n) is 8.19. The molecule has 0 radical (unpaired) electrons. The van der Waals surface area contributed by atoms with E-state index in [1.165, 1.54) is 12.1 Å². The van der Waals surface area contributed by atoms with Crippen molar-refractivity contribution in [3.63, 3.8) is 0 Å². The molecule has 0 aromatic heterocycles. The molecule has 0 unspecified atom stereocenters. The molecule has 15 heavy (non-hydrogen) atoms. The van der Waals surface area contributed by atoms with Crippen LogP contribution in [-0.2, 0) is 6.42 Å². The number of nitrogens with two attached hydrogens (primary N) is 1. The Labute approximate surface area is 92.2 Å². The van der Waals surface area contributed by atoms with Crippen LogP contribution in [0.4, 0.5) is 8.78 Å². The van der Waals surface area contributed by atoms with Gasteiger partial charge < -0.3 is 5.73 Å². The van der Waals surface area contributed by atoms with E-state index in [9.17, 15) is 8.78 Å². The zero-order valence-corrected chi connectivity index (χ0v) is 8.95. The first-order valence-electron chi connectivity index (χ1n) is 4.90. The Kier molecular flexibility index (Phi) is 2.69. The summed E-state index contributed by atoms with van der Waals surface area (Å²) >= 11 is 5.49. The molecule has 1 nitrogen and oxygen atoms in total. The van der Waals surface area contributed by atoms with Gasteiger partial charge >= 0.3 is 0 Å². The SMILES string of the molecule is NCC1(Cc2ccc(F)c(Cl)c2F)CC1. The van der Waals surface area contributed by atoms with E-state index in [0.717, 1.165) is 12.8 Å². The van der Waals surface area contributed by atoms with Crippen LogP contribution in [0.25, 0.3) is 0 Å². The molecule has 2 rings (SSSR count). The maximum absolute atomic E-state index is 13.5. The van der Waals surface area contributed by atoms with E-state index in [1.54, 1.807) is 0 Å². The summed E-state index contributed by atoms with van der Waals surface area (Å²) in [6, 6.07) is 2.65. The van der Waals surface area contributed by atoms with E-state index in [4.69, 9.17) is 17.3 Å². The summed E-state index contributed by atoms with van der Waals surface area (Å²) in [7, 11) is 0. The summed E-state index contributed by atoms with van der Waals surface area (Å²) in [5.74, 6) is -1.35. The van der Waals surface area contributed by atoms with Crippen molar-refractivity contribution in [3.05, 3.63) is 34.4 Å². The van der Waals surface area contributed by atoms with Crippen LogP contribution in [0, 0.1) is 17.0 Å². The minimum absolute atomic E-state index is 0.0298. The van der Waals surface area contributed by atoms with Crippen LogP contribution >= 0.6 is 11.6 Å². The predicted octanol–water partition coefficient (Wildman–Crippen LogP) is 2.90. The molecule has 0 atom stereocenters. The number of halogens is 3. The van der Waals surface area contributed by atoms with Gasteiger partial charge in [0.15, 0.2) is 0 Å². The molecule has 0 spiro atoms. The van der Waals surface area contributed by atoms with Crippen molar-refractivity contribution in [2.75, 3.05) is 6.54 Å². The number of rotatable bonds is 3. The molecule has 1 aliphatic carbocycles. The molecular formula is C11H12ClF2N. The molecule has 0 aliphatic heterocycles. The predicted molar refractivity (Wildman–Crippen MR) is 55.8 cm³/mol. The monoisotopic (exact) mass is 231 g/mol. The summed E-state index contributed by atoms with van der Waals surface area (Å²) in [5, 5.41) is -0.416. The van der Waals surface area contributed by atoms with Crippen molar-refractivity contribution in [2.24, 2.45) is 11.1 Å². The molecular weight excluding hydrogens is 220 g/mol. The lowest BCUT2D eigenvalue weighted by Crippen LogP contribution is -2.18. The molecule has 1 aromatic rings. The second-order valence-corrected chi connectivity index (χ2v) is 4.59.